The van der Waals surface area contributed by atoms with Gasteiger partial charge in [-0.05, 0) is 25.0 Å². The van der Waals surface area contributed by atoms with Crippen molar-refractivity contribution in [3.8, 4) is 0 Å². The van der Waals surface area contributed by atoms with Gasteiger partial charge in [0.25, 0.3) is 0 Å². The summed E-state index contributed by atoms with van der Waals surface area (Å²) < 4.78 is -3.64. The van der Waals surface area contributed by atoms with Gasteiger partial charge in [0.15, 0.2) is 8.67 Å². The minimum Gasteiger partial charge on any atom is -0.103 e. The fraction of sp³-hybridized carbons (Fsp3) is 0.571. The van der Waals surface area contributed by atoms with Crippen LogP contribution in [-0.2, 0) is 0 Å². The second kappa shape index (κ2) is 7.51. The summed E-state index contributed by atoms with van der Waals surface area (Å²) in [7, 11) is 2.98. The molecule has 1 aromatic carbocycles. The van der Waals surface area contributed by atoms with Crippen LogP contribution in [-0.4, -0.2) is 12.9 Å². The van der Waals surface area contributed by atoms with Crippen LogP contribution < -0.4 is 0 Å². The molecule has 1 unspecified atom stereocenters. The van der Waals surface area contributed by atoms with Gasteiger partial charge in [0, 0.05) is 4.90 Å². The van der Waals surface area contributed by atoms with Crippen LogP contribution in [0.25, 0.3) is 0 Å². The summed E-state index contributed by atoms with van der Waals surface area (Å²) in [5.41, 5.74) is 0. The van der Waals surface area contributed by atoms with Gasteiger partial charge in [0.05, 0.1) is 0 Å². The fourth-order valence-corrected chi connectivity index (χ4v) is 7.05. The van der Waals surface area contributed by atoms with Gasteiger partial charge >= 0.3 is 0 Å². The summed E-state index contributed by atoms with van der Waals surface area (Å²) in [5.74, 6) is 0. The highest BCUT2D eigenvalue weighted by Crippen LogP contribution is 2.64. The van der Waals surface area contributed by atoms with Crippen LogP contribution in [0.1, 0.15) is 32.1 Å². The molecular formula is C14H15Cl5S2. The van der Waals surface area contributed by atoms with Gasteiger partial charge in [-0.2, -0.15) is 0 Å². The molecule has 2 rings (SSSR count). The van der Waals surface area contributed by atoms with Crippen molar-refractivity contribution in [2.24, 2.45) is 0 Å². The molecule has 0 N–H and O–H groups in total. The lowest BCUT2D eigenvalue weighted by Gasteiger charge is -2.45. The Kier molecular flexibility index (Phi) is 6.69. The van der Waals surface area contributed by atoms with Gasteiger partial charge in [-0.1, -0.05) is 105 Å². The maximum absolute atomic E-state index is 6.79. The highest BCUT2D eigenvalue weighted by atomic mass is 35.5. The van der Waals surface area contributed by atoms with Crippen molar-refractivity contribution >= 4 is 79.6 Å². The van der Waals surface area contributed by atoms with E-state index in [4.69, 9.17) is 58.0 Å². The SMILES string of the molecule is ClC1(Cl)CCCCCC(Cl)(SSc2ccccc2)C1(Cl)Cl. The van der Waals surface area contributed by atoms with Crippen LogP contribution in [0.3, 0.4) is 0 Å². The molecule has 7 heteroatoms. The normalized spacial score (nSPS) is 28.6. The zero-order valence-electron chi connectivity index (χ0n) is 11.1. The Balaban J connectivity index is 2.19. The van der Waals surface area contributed by atoms with E-state index in [1.165, 1.54) is 10.8 Å². The molecule has 0 bridgehead atoms. The van der Waals surface area contributed by atoms with E-state index >= 15 is 0 Å². The molecule has 0 aliphatic heterocycles. The van der Waals surface area contributed by atoms with Gasteiger partial charge in [-0.25, -0.2) is 0 Å². The van der Waals surface area contributed by atoms with Gasteiger partial charge in [0.1, 0.15) is 4.21 Å². The molecule has 1 atom stereocenters. The third-order valence-electron chi connectivity index (χ3n) is 3.43. The maximum atomic E-state index is 6.79. The Morgan fingerprint density at radius 2 is 1.43 bits per heavy atom. The van der Waals surface area contributed by atoms with E-state index in [-0.39, 0.29) is 0 Å². The molecule has 21 heavy (non-hydrogen) atoms. The summed E-state index contributed by atoms with van der Waals surface area (Å²) in [4.78, 5) is 1.09. The summed E-state index contributed by atoms with van der Waals surface area (Å²) in [5, 5.41) is 0. The van der Waals surface area contributed by atoms with E-state index in [1.807, 2.05) is 30.3 Å². The average molecular weight is 425 g/mol. The van der Waals surface area contributed by atoms with Crippen LogP contribution in [0.2, 0.25) is 0 Å². The molecular weight excluding hydrogens is 410 g/mol. The van der Waals surface area contributed by atoms with Crippen LogP contribution in [0, 0.1) is 0 Å². The standard InChI is InChI=1S/C14H15Cl5S2/c15-12(16)9-5-2-6-10-13(17,14(12,18)19)21-20-11-7-3-1-4-8-11/h1,3-4,7-8H,2,5-6,9-10H2. The van der Waals surface area contributed by atoms with Gasteiger partial charge in [-0.15, -0.1) is 11.6 Å². The minimum atomic E-state index is -1.43. The Bertz CT molecular complexity index is 466. The van der Waals surface area contributed by atoms with E-state index in [9.17, 15) is 0 Å². The summed E-state index contributed by atoms with van der Waals surface area (Å²) >= 11 is 32.7. The van der Waals surface area contributed by atoms with Gasteiger partial charge < -0.3 is 0 Å². The number of rotatable bonds is 3. The van der Waals surface area contributed by atoms with Crippen molar-refractivity contribution < 1.29 is 0 Å². The molecule has 0 spiro atoms. The first-order valence-electron chi connectivity index (χ1n) is 6.64. The first-order valence-corrected chi connectivity index (χ1v) is 10.7. The third kappa shape index (κ3) is 4.26. The average Bonchev–Trinajstić information content (AvgIpc) is 2.44. The molecule has 0 nitrogen and oxygen atoms in total. The van der Waals surface area contributed by atoms with Gasteiger partial charge in [0.2, 0.25) is 0 Å². The van der Waals surface area contributed by atoms with Gasteiger partial charge in [-0.3, -0.25) is 0 Å². The lowest BCUT2D eigenvalue weighted by Crippen LogP contribution is -2.51. The Hall–Kier alpha value is 1.37. The van der Waals surface area contributed by atoms with Crippen LogP contribution in [0.4, 0.5) is 0 Å². The lowest BCUT2D eigenvalue weighted by atomic mass is 9.98. The van der Waals surface area contributed by atoms with E-state index in [0.717, 1.165) is 24.2 Å². The second-order valence-corrected chi connectivity index (χ2v) is 11.2. The highest BCUT2D eigenvalue weighted by Gasteiger charge is 2.61. The molecule has 1 fully saturated rings. The molecule has 1 saturated carbocycles. The number of alkyl halides is 5. The van der Waals surface area contributed by atoms with E-state index in [1.54, 1.807) is 10.8 Å². The van der Waals surface area contributed by atoms with Crippen LogP contribution in [0.5, 0.6) is 0 Å². The molecule has 0 radical (unpaired) electrons. The first kappa shape index (κ1) is 18.7. The van der Waals surface area contributed by atoms with Crippen molar-refractivity contribution in [2.75, 3.05) is 0 Å². The maximum Gasteiger partial charge on any atom is 0.179 e. The van der Waals surface area contributed by atoms with Crippen molar-refractivity contribution in [1.29, 1.82) is 0 Å². The number of hydrogen-bond donors (Lipinski definition) is 0. The molecule has 1 aromatic rings. The van der Waals surface area contributed by atoms with E-state index in [2.05, 4.69) is 0 Å². The third-order valence-corrected chi connectivity index (χ3v) is 10.5. The van der Waals surface area contributed by atoms with Crippen molar-refractivity contribution in [2.45, 2.75) is 49.9 Å². The van der Waals surface area contributed by atoms with E-state index < -0.39 is 12.9 Å². The molecule has 1 aliphatic rings. The zero-order chi connectivity index (χ0) is 15.6. The quantitative estimate of drug-likeness (QED) is 0.360. The molecule has 0 aromatic heterocycles. The van der Waals surface area contributed by atoms with Crippen molar-refractivity contribution in [3.63, 3.8) is 0 Å². The zero-order valence-corrected chi connectivity index (χ0v) is 16.5. The van der Waals surface area contributed by atoms with Crippen molar-refractivity contribution in [1.82, 2.24) is 0 Å². The van der Waals surface area contributed by atoms with Crippen LogP contribution in [0.15, 0.2) is 35.2 Å². The molecule has 118 valence electrons. The number of benzene rings is 1. The van der Waals surface area contributed by atoms with E-state index in [0.29, 0.717) is 12.8 Å². The molecule has 0 saturated heterocycles. The predicted octanol–water partition coefficient (Wildman–Crippen LogP) is 7.67. The number of halogens is 5. The fourth-order valence-electron chi connectivity index (χ4n) is 2.15. The first-order chi connectivity index (χ1) is 9.79. The largest absolute Gasteiger partial charge is 0.179 e. The Labute approximate surface area is 159 Å². The smallest absolute Gasteiger partial charge is 0.103 e. The molecule has 1 aliphatic carbocycles. The summed E-state index contributed by atoms with van der Waals surface area (Å²) in [6.07, 6.45) is 4.08. The summed E-state index contributed by atoms with van der Waals surface area (Å²) in [6.45, 7) is 0. The van der Waals surface area contributed by atoms with Crippen LogP contribution >= 0.6 is 79.6 Å². The molecule has 0 heterocycles. The lowest BCUT2D eigenvalue weighted by molar-refractivity contribution is 0.450. The second-order valence-electron chi connectivity index (χ2n) is 5.05. The highest BCUT2D eigenvalue weighted by molar-refractivity contribution is 8.77. The predicted molar refractivity (Wildman–Crippen MR) is 100 cm³/mol. The topological polar surface area (TPSA) is 0 Å². The number of hydrogen-bond acceptors (Lipinski definition) is 2. The Morgan fingerprint density at radius 3 is 2.10 bits per heavy atom. The van der Waals surface area contributed by atoms with Crippen molar-refractivity contribution in [3.05, 3.63) is 30.3 Å². The minimum absolute atomic E-state index is 0.536. The monoisotopic (exact) mass is 422 g/mol. The molecule has 0 amide bonds. The summed E-state index contributed by atoms with van der Waals surface area (Å²) in [6, 6.07) is 9.95. The Morgan fingerprint density at radius 1 is 0.810 bits per heavy atom.